The van der Waals surface area contributed by atoms with Gasteiger partial charge in [0.05, 0.1) is 5.56 Å². The van der Waals surface area contributed by atoms with Crippen molar-refractivity contribution in [3.05, 3.63) is 65.5 Å². The summed E-state index contributed by atoms with van der Waals surface area (Å²) in [4.78, 5) is 12.2. The van der Waals surface area contributed by atoms with E-state index < -0.39 is 11.8 Å². The van der Waals surface area contributed by atoms with Crippen LogP contribution >= 0.6 is 0 Å². The molecule has 0 saturated heterocycles. The standard InChI is InChI=1S/C28H35FO2/c1-2-4-20-7-9-21(10-8-20)22-11-13-23(14-12-22)24-15-17-27(18-16-24)31-28(30)25-5-3-6-26(29)19-25/h3,5-6,15-23H,2,4,7-14H2,1H3. The Morgan fingerprint density at radius 1 is 0.903 bits per heavy atom. The molecule has 0 atom stereocenters. The summed E-state index contributed by atoms with van der Waals surface area (Å²) in [5.74, 6) is 3.03. The zero-order valence-corrected chi connectivity index (χ0v) is 18.7. The fourth-order valence-electron chi connectivity index (χ4n) is 5.87. The van der Waals surface area contributed by atoms with Crippen LogP contribution in [0.5, 0.6) is 5.75 Å². The van der Waals surface area contributed by atoms with E-state index >= 15 is 0 Å². The zero-order valence-electron chi connectivity index (χ0n) is 18.7. The van der Waals surface area contributed by atoms with Crippen molar-refractivity contribution in [2.75, 3.05) is 0 Å². The molecule has 166 valence electrons. The molecule has 0 amide bonds. The first-order valence-electron chi connectivity index (χ1n) is 12.2. The molecule has 2 aliphatic carbocycles. The number of esters is 1. The normalized spacial score (nSPS) is 26.4. The van der Waals surface area contributed by atoms with Crippen molar-refractivity contribution in [1.82, 2.24) is 0 Å². The monoisotopic (exact) mass is 422 g/mol. The highest BCUT2D eigenvalue weighted by Gasteiger charge is 2.31. The van der Waals surface area contributed by atoms with E-state index in [1.807, 2.05) is 12.1 Å². The lowest BCUT2D eigenvalue weighted by molar-refractivity contribution is 0.0734. The van der Waals surface area contributed by atoms with Crippen LogP contribution in [0.15, 0.2) is 48.5 Å². The smallest absolute Gasteiger partial charge is 0.343 e. The van der Waals surface area contributed by atoms with Crippen LogP contribution in [-0.2, 0) is 0 Å². The van der Waals surface area contributed by atoms with Crippen LogP contribution in [0.25, 0.3) is 0 Å². The minimum Gasteiger partial charge on any atom is -0.423 e. The Morgan fingerprint density at radius 3 is 2.16 bits per heavy atom. The molecule has 0 radical (unpaired) electrons. The van der Waals surface area contributed by atoms with E-state index in [-0.39, 0.29) is 5.56 Å². The highest BCUT2D eigenvalue weighted by atomic mass is 19.1. The van der Waals surface area contributed by atoms with Crippen molar-refractivity contribution < 1.29 is 13.9 Å². The maximum Gasteiger partial charge on any atom is 0.343 e. The Morgan fingerprint density at radius 2 is 1.55 bits per heavy atom. The van der Waals surface area contributed by atoms with Crippen LogP contribution in [0.3, 0.4) is 0 Å². The summed E-state index contributed by atoms with van der Waals surface area (Å²) < 4.78 is 18.7. The largest absolute Gasteiger partial charge is 0.423 e. The van der Waals surface area contributed by atoms with E-state index in [9.17, 15) is 9.18 Å². The predicted molar refractivity (Wildman–Crippen MR) is 123 cm³/mol. The van der Waals surface area contributed by atoms with Gasteiger partial charge in [-0.1, -0.05) is 50.8 Å². The number of carbonyl (C=O) groups is 1. The van der Waals surface area contributed by atoms with Gasteiger partial charge >= 0.3 is 5.97 Å². The Balaban J connectivity index is 1.26. The number of benzene rings is 2. The minimum absolute atomic E-state index is 0.228. The molecule has 2 fully saturated rings. The molecule has 2 saturated carbocycles. The highest BCUT2D eigenvalue weighted by molar-refractivity contribution is 5.91. The topological polar surface area (TPSA) is 26.3 Å². The van der Waals surface area contributed by atoms with Crippen LogP contribution in [0.2, 0.25) is 0 Å². The Hall–Kier alpha value is -2.16. The Bertz CT molecular complexity index is 844. The lowest BCUT2D eigenvalue weighted by Gasteiger charge is -2.38. The van der Waals surface area contributed by atoms with Gasteiger partial charge in [-0.25, -0.2) is 9.18 Å². The fourth-order valence-corrected chi connectivity index (χ4v) is 5.87. The summed E-state index contributed by atoms with van der Waals surface area (Å²) in [6.07, 6.45) is 13.8. The van der Waals surface area contributed by atoms with Crippen LogP contribution in [0, 0.1) is 23.6 Å². The number of halogens is 1. The van der Waals surface area contributed by atoms with Crippen LogP contribution in [-0.4, -0.2) is 5.97 Å². The van der Waals surface area contributed by atoms with E-state index in [1.54, 1.807) is 6.07 Å². The van der Waals surface area contributed by atoms with Gasteiger partial charge in [-0.15, -0.1) is 0 Å². The SMILES string of the molecule is CCCC1CCC(C2CCC(c3ccc(OC(=O)c4cccc(F)c4)cc3)CC2)CC1. The number of rotatable bonds is 6. The second-order valence-electron chi connectivity index (χ2n) is 9.65. The first kappa shape index (κ1) is 22.0. The molecule has 0 unspecified atom stereocenters. The molecular formula is C28H35FO2. The molecule has 3 heteroatoms. The average Bonchev–Trinajstić information content (AvgIpc) is 2.80. The van der Waals surface area contributed by atoms with Crippen molar-refractivity contribution >= 4 is 5.97 Å². The van der Waals surface area contributed by atoms with Gasteiger partial charge < -0.3 is 4.74 Å². The second kappa shape index (κ2) is 10.4. The van der Waals surface area contributed by atoms with Crippen molar-refractivity contribution in [1.29, 1.82) is 0 Å². The van der Waals surface area contributed by atoms with Crippen LogP contribution in [0.1, 0.15) is 93.0 Å². The summed E-state index contributed by atoms with van der Waals surface area (Å²) in [5, 5.41) is 0. The van der Waals surface area contributed by atoms with Gasteiger partial charge in [-0.05, 0) is 98.1 Å². The lowest BCUT2D eigenvalue weighted by Crippen LogP contribution is -2.25. The molecule has 2 aromatic carbocycles. The summed E-state index contributed by atoms with van der Waals surface area (Å²) in [7, 11) is 0. The van der Waals surface area contributed by atoms with Crippen molar-refractivity contribution in [3.63, 3.8) is 0 Å². The van der Waals surface area contributed by atoms with Crippen molar-refractivity contribution in [3.8, 4) is 5.75 Å². The van der Waals surface area contributed by atoms with Gasteiger partial charge in [-0.2, -0.15) is 0 Å². The molecule has 0 spiro atoms. The third-order valence-electron chi connectivity index (χ3n) is 7.65. The molecular weight excluding hydrogens is 387 g/mol. The highest BCUT2D eigenvalue weighted by Crippen LogP contribution is 2.44. The van der Waals surface area contributed by atoms with Gasteiger partial charge in [0.25, 0.3) is 0 Å². The molecule has 2 nitrogen and oxygen atoms in total. The zero-order chi connectivity index (χ0) is 21.6. The predicted octanol–water partition coefficient (Wildman–Crippen LogP) is 7.93. The third-order valence-corrected chi connectivity index (χ3v) is 7.65. The maximum atomic E-state index is 13.3. The van der Waals surface area contributed by atoms with Crippen LogP contribution < -0.4 is 4.74 Å². The maximum absolute atomic E-state index is 13.3. The van der Waals surface area contributed by atoms with E-state index in [2.05, 4.69) is 19.1 Å². The molecule has 4 rings (SSSR count). The van der Waals surface area contributed by atoms with Gasteiger partial charge in [0.2, 0.25) is 0 Å². The summed E-state index contributed by atoms with van der Waals surface area (Å²) in [6, 6.07) is 13.5. The number of hydrogen-bond acceptors (Lipinski definition) is 2. The van der Waals surface area contributed by atoms with Crippen molar-refractivity contribution in [2.45, 2.75) is 77.0 Å². The number of carbonyl (C=O) groups excluding carboxylic acids is 1. The van der Waals surface area contributed by atoms with Crippen LogP contribution in [0.4, 0.5) is 4.39 Å². The number of hydrogen-bond donors (Lipinski definition) is 0. The van der Waals surface area contributed by atoms with Gasteiger partial charge in [-0.3, -0.25) is 0 Å². The third kappa shape index (κ3) is 5.75. The molecule has 0 heterocycles. The molecule has 2 aliphatic rings. The summed E-state index contributed by atoms with van der Waals surface area (Å²) >= 11 is 0. The molecule has 0 aromatic heterocycles. The quantitative estimate of drug-likeness (QED) is 0.349. The van der Waals surface area contributed by atoms with Crippen molar-refractivity contribution in [2.24, 2.45) is 17.8 Å². The molecule has 0 bridgehead atoms. The van der Waals surface area contributed by atoms with Gasteiger partial charge in [0.1, 0.15) is 11.6 Å². The molecule has 31 heavy (non-hydrogen) atoms. The van der Waals surface area contributed by atoms with Gasteiger partial charge in [0.15, 0.2) is 0 Å². The number of ether oxygens (including phenoxy) is 1. The second-order valence-corrected chi connectivity index (χ2v) is 9.65. The van der Waals surface area contributed by atoms with E-state index in [0.29, 0.717) is 11.7 Å². The average molecular weight is 423 g/mol. The molecule has 0 N–H and O–H groups in total. The molecule has 0 aliphatic heterocycles. The summed E-state index contributed by atoms with van der Waals surface area (Å²) in [5.41, 5.74) is 1.57. The summed E-state index contributed by atoms with van der Waals surface area (Å²) in [6.45, 7) is 2.31. The van der Waals surface area contributed by atoms with Gasteiger partial charge in [0, 0.05) is 0 Å². The Labute approximate surface area is 186 Å². The van der Waals surface area contributed by atoms with E-state index in [4.69, 9.17) is 4.74 Å². The fraction of sp³-hybridized carbons (Fsp3) is 0.536. The lowest BCUT2D eigenvalue weighted by atomic mass is 9.68. The first-order valence-corrected chi connectivity index (χ1v) is 12.2. The minimum atomic E-state index is -0.526. The van der Waals surface area contributed by atoms with E-state index in [1.165, 1.54) is 88.0 Å². The Kier molecular flexibility index (Phi) is 7.42. The van der Waals surface area contributed by atoms with E-state index in [0.717, 1.165) is 17.8 Å². The molecule has 2 aromatic rings. The first-order chi connectivity index (χ1) is 15.1.